The van der Waals surface area contributed by atoms with Crippen LogP contribution in [0.4, 0.5) is 14.7 Å². The SMILES string of the molecule is CSc1n[nH]c(NS(=O)(=O)c2ccc(F)c(F)c2)n1. The van der Waals surface area contributed by atoms with Gasteiger partial charge in [-0.05, 0) is 24.5 Å². The molecule has 0 aliphatic heterocycles. The number of H-pyrrole nitrogens is 1. The number of nitrogens with one attached hydrogen (secondary N) is 2. The fraction of sp³-hybridized carbons (Fsp3) is 0.111. The highest BCUT2D eigenvalue weighted by atomic mass is 32.2. The quantitative estimate of drug-likeness (QED) is 0.838. The van der Waals surface area contributed by atoms with E-state index in [1.54, 1.807) is 6.26 Å². The van der Waals surface area contributed by atoms with Crippen LogP contribution in [0.15, 0.2) is 28.3 Å². The van der Waals surface area contributed by atoms with Crippen LogP contribution in [0.2, 0.25) is 0 Å². The number of benzene rings is 1. The topological polar surface area (TPSA) is 87.7 Å². The second-order valence-corrected chi connectivity index (χ2v) is 5.81. The molecule has 0 aliphatic rings. The van der Waals surface area contributed by atoms with E-state index in [-0.39, 0.29) is 5.95 Å². The normalized spacial score (nSPS) is 11.5. The van der Waals surface area contributed by atoms with Crippen LogP contribution in [0.1, 0.15) is 0 Å². The molecule has 1 heterocycles. The highest BCUT2D eigenvalue weighted by Crippen LogP contribution is 2.17. The van der Waals surface area contributed by atoms with Crippen LogP contribution in [0, 0.1) is 11.6 Å². The van der Waals surface area contributed by atoms with Gasteiger partial charge in [-0.3, -0.25) is 0 Å². The van der Waals surface area contributed by atoms with E-state index in [1.165, 1.54) is 11.8 Å². The van der Waals surface area contributed by atoms with E-state index in [9.17, 15) is 17.2 Å². The fourth-order valence-electron chi connectivity index (χ4n) is 1.21. The van der Waals surface area contributed by atoms with Gasteiger partial charge in [-0.15, -0.1) is 5.10 Å². The van der Waals surface area contributed by atoms with Crippen molar-refractivity contribution in [3.8, 4) is 0 Å². The maximum Gasteiger partial charge on any atom is 0.264 e. The number of aromatic nitrogens is 3. The number of thioether (sulfide) groups is 1. The first-order chi connectivity index (χ1) is 8.92. The number of aromatic amines is 1. The summed E-state index contributed by atoms with van der Waals surface area (Å²) in [4.78, 5) is 3.41. The van der Waals surface area contributed by atoms with E-state index < -0.39 is 26.6 Å². The van der Waals surface area contributed by atoms with Gasteiger partial charge in [-0.1, -0.05) is 11.8 Å². The smallest absolute Gasteiger partial charge is 0.248 e. The minimum absolute atomic E-state index is 0.103. The molecule has 0 aliphatic carbocycles. The van der Waals surface area contributed by atoms with Crippen molar-refractivity contribution in [1.29, 1.82) is 0 Å². The molecule has 1 aromatic carbocycles. The average Bonchev–Trinajstić information content (AvgIpc) is 2.79. The average molecular weight is 306 g/mol. The number of rotatable bonds is 4. The molecular weight excluding hydrogens is 298 g/mol. The van der Waals surface area contributed by atoms with Gasteiger partial charge in [-0.25, -0.2) is 27.0 Å². The zero-order valence-electron chi connectivity index (χ0n) is 9.52. The molecule has 0 spiro atoms. The van der Waals surface area contributed by atoms with Crippen molar-refractivity contribution in [2.45, 2.75) is 10.1 Å². The van der Waals surface area contributed by atoms with Gasteiger partial charge in [0.2, 0.25) is 11.1 Å². The molecule has 1 aromatic heterocycles. The first-order valence-electron chi connectivity index (χ1n) is 4.86. The second kappa shape index (κ2) is 5.13. The highest BCUT2D eigenvalue weighted by Gasteiger charge is 2.18. The van der Waals surface area contributed by atoms with Gasteiger partial charge in [0.1, 0.15) is 0 Å². The monoisotopic (exact) mass is 306 g/mol. The molecule has 2 aromatic rings. The number of anilines is 1. The molecule has 0 unspecified atom stereocenters. The number of hydrogen-bond donors (Lipinski definition) is 2. The first kappa shape index (κ1) is 13.7. The summed E-state index contributed by atoms with van der Waals surface area (Å²) in [5.41, 5.74) is 0. The Morgan fingerprint density at radius 3 is 2.63 bits per heavy atom. The van der Waals surface area contributed by atoms with Crippen LogP contribution in [-0.2, 0) is 10.0 Å². The number of hydrogen-bond acceptors (Lipinski definition) is 5. The number of sulfonamides is 1. The van der Waals surface area contributed by atoms with Gasteiger partial charge in [0.05, 0.1) is 4.90 Å². The lowest BCUT2D eigenvalue weighted by Crippen LogP contribution is -2.14. The summed E-state index contributed by atoms with van der Waals surface area (Å²) in [6.07, 6.45) is 1.72. The molecule has 2 N–H and O–H groups in total. The van der Waals surface area contributed by atoms with Gasteiger partial charge in [0, 0.05) is 0 Å². The largest absolute Gasteiger partial charge is 0.264 e. The van der Waals surface area contributed by atoms with Gasteiger partial charge < -0.3 is 0 Å². The molecule has 19 heavy (non-hydrogen) atoms. The molecule has 0 radical (unpaired) electrons. The van der Waals surface area contributed by atoms with E-state index in [0.717, 1.165) is 12.1 Å². The van der Waals surface area contributed by atoms with Gasteiger partial charge in [0.15, 0.2) is 11.6 Å². The molecular formula is C9H8F2N4O2S2. The number of halogens is 2. The van der Waals surface area contributed by atoms with Crippen molar-refractivity contribution in [3.63, 3.8) is 0 Å². The minimum atomic E-state index is -4.05. The Kier molecular flexibility index (Phi) is 3.71. The van der Waals surface area contributed by atoms with Crippen LogP contribution < -0.4 is 4.72 Å². The Hall–Kier alpha value is -1.68. The highest BCUT2D eigenvalue weighted by molar-refractivity contribution is 7.98. The molecule has 0 saturated heterocycles. The van der Waals surface area contributed by atoms with Crippen LogP contribution in [0.25, 0.3) is 0 Å². The number of nitrogens with zero attached hydrogens (tertiary/aromatic N) is 2. The van der Waals surface area contributed by atoms with Crippen LogP contribution in [0.3, 0.4) is 0 Å². The third-order valence-corrected chi connectivity index (χ3v) is 3.96. The molecule has 0 atom stereocenters. The van der Waals surface area contributed by atoms with E-state index in [2.05, 4.69) is 19.9 Å². The lowest BCUT2D eigenvalue weighted by Gasteiger charge is -2.04. The molecule has 0 amide bonds. The maximum absolute atomic E-state index is 13.0. The van der Waals surface area contributed by atoms with E-state index in [4.69, 9.17) is 0 Å². The van der Waals surface area contributed by atoms with Crippen molar-refractivity contribution >= 4 is 27.7 Å². The summed E-state index contributed by atoms with van der Waals surface area (Å²) in [5.74, 6) is -2.47. The van der Waals surface area contributed by atoms with Crippen molar-refractivity contribution < 1.29 is 17.2 Å². The van der Waals surface area contributed by atoms with Crippen molar-refractivity contribution in [3.05, 3.63) is 29.8 Å². The summed E-state index contributed by atoms with van der Waals surface area (Å²) in [5, 5.41) is 6.43. The fourth-order valence-corrected chi connectivity index (χ4v) is 2.50. The van der Waals surface area contributed by atoms with E-state index >= 15 is 0 Å². The van der Waals surface area contributed by atoms with Crippen LogP contribution >= 0.6 is 11.8 Å². The standard InChI is InChI=1S/C9H8F2N4O2S2/c1-18-9-12-8(13-14-9)15-19(16,17)5-2-3-6(10)7(11)4-5/h2-4H,1H3,(H2,12,13,14,15). The Balaban J connectivity index is 2.29. The van der Waals surface area contributed by atoms with Crippen molar-refractivity contribution in [2.75, 3.05) is 11.0 Å². The summed E-state index contributed by atoms with van der Waals surface area (Å²) in [6.45, 7) is 0. The Bertz CT molecular complexity index is 702. The molecule has 2 rings (SSSR count). The minimum Gasteiger partial charge on any atom is -0.248 e. The second-order valence-electron chi connectivity index (χ2n) is 3.35. The Labute approximate surface area is 111 Å². The Morgan fingerprint density at radius 1 is 1.32 bits per heavy atom. The summed E-state index contributed by atoms with van der Waals surface area (Å²) < 4.78 is 51.6. The molecule has 6 nitrogen and oxygen atoms in total. The summed E-state index contributed by atoms with van der Waals surface area (Å²) in [7, 11) is -4.05. The zero-order valence-corrected chi connectivity index (χ0v) is 11.1. The van der Waals surface area contributed by atoms with Gasteiger partial charge >= 0.3 is 0 Å². The zero-order chi connectivity index (χ0) is 14.0. The van der Waals surface area contributed by atoms with Crippen molar-refractivity contribution in [1.82, 2.24) is 15.2 Å². The molecule has 10 heteroatoms. The molecule has 0 bridgehead atoms. The van der Waals surface area contributed by atoms with E-state index in [0.29, 0.717) is 11.2 Å². The third kappa shape index (κ3) is 3.01. The van der Waals surface area contributed by atoms with Gasteiger partial charge in [0.25, 0.3) is 10.0 Å². The molecule has 102 valence electrons. The van der Waals surface area contributed by atoms with Crippen LogP contribution in [-0.4, -0.2) is 29.9 Å². The van der Waals surface area contributed by atoms with Gasteiger partial charge in [-0.2, -0.15) is 4.98 Å². The van der Waals surface area contributed by atoms with E-state index in [1.807, 2.05) is 0 Å². The summed E-state index contributed by atoms with van der Waals surface area (Å²) in [6, 6.07) is 2.27. The molecule has 0 saturated carbocycles. The lowest BCUT2D eigenvalue weighted by molar-refractivity contribution is 0.504. The Morgan fingerprint density at radius 2 is 2.05 bits per heavy atom. The predicted molar refractivity (Wildman–Crippen MR) is 65.3 cm³/mol. The molecule has 0 fully saturated rings. The lowest BCUT2D eigenvalue weighted by atomic mass is 10.3. The summed E-state index contributed by atoms with van der Waals surface area (Å²) >= 11 is 1.22. The maximum atomic E-state index is 13.0. The van der Waals surface area contributed by atoms with Crippen LogP contribution in [0.5, 0.6) is 0 Å². The van der Waals surface area contributed by atoms with Crippen molar-refractivity contribution in [2.24, 2.45) is 0 Å². The predicted octanol–water partition coefficient (Wildman–Crippen LogP) is 1.61. The third-order valence-electron chi connectivity index (χ3n) is 2.08. The first-order valence-corrected chi connectivity index (χ1v) is 7.57.